The summed E-state index contributed by atoms with van der Waals surface area (Å²) in [5, 5.41) is 3.31. The van der Waals surface area contributed by atoms with E-state index in [4.69, 9.17) is 0 Å². The molecule has 1 aliphatic heterocycles. The maximum Gasteiger partial charge on any atom is 0.00180 e. The monoisotopic (exact) mass is 172 g/mol. The Hall–Kier alpha value is -0.0800. The molecule has 0 aromatic carbocycles. The Labute approximate surface area is 77.3 Å². The Morgan fingerprint density at radius 2 is 1.75 bits per heavy atom. The zero-order chi connectivity index (χ0) is 9.61. The van der Waals surface area contributed by atoms with Gasteiger partial charge in [-0.2, -0.15) is 0 Å². The Kier molecular flexibility index (Phi) is 5.51. The molecule has 1 fully saturated rings. The summed E-state index contributed by atoms with van der Waals surface area (Å²) in [6, 6.07) is 0. The zero-order valence-corrected chi connectivity index (χ0v) is 9.28. The van der Waals surface area contributed by atoms with Gasteiger partial charge < -0.3 is 10.2 Å². The van der Waals surface area contributed by atoms with E-state index in [0.717, 1.165) is 0 Å². The highest BCUT2D eigenvalue weighted by atomic mass is 15.1. The lowest BCUT2D eigenvalue weighted by Gasteiger charge is -2.40. The fourth-order valence-corrected chi connectivity index (χ4v) is 1.22. The molecule has 1 rings (SSSR count). The molecule has 0 unspecified atom stereocenters. The molecule has 74 valence electrons. The third-order valence-corrected chi connectivity index (χ3v) is 2.27. The van der Waals surface area contributed by atoms with Crippen molar-refractivity contribution in [1.82, 2.24) is 10.2 Å². The summed E-state index contributed by atoms with van der Waals surface area (Å²) >= 11 is 0. The molecule has 0 aliphatic carbocycles. The highest BCUT2D eigenvalue weighted by Crippen LogP contribution is 2.25. The normalized spacial score (nSPS) is 19.5. The van der Waals surface area contributed by atoms with E-state index in [1.165, 1.54) is 26.1 Å². The first-order valence-corrected chi connectivity index (χ1v) is 4.98. The van der Waals surface area contributed by atoms with Gasteiger partial charge in [0.15, 0.2) is 0 Å². The molecule has 1 aliphatic rings. The Morgan fingerprint density at radius 3 is 2.00 bits per heavy atom. The van der Waals surface area contributed by atoms with Crippen LogP contribution in [0.1, 0.15) is 27.2 Å². The van der Waals surface area contributed by atoms with E-state index in [1.54, 1.807) is 0 Å². The second-order valence-electron chi connectivity index (χ2n) is 3.97. The first kappa shape index (κ1) is 11.9. The summed E-state index contributed by atoms with van der Waals surface area (Å²) in [7, 11) is 4.27. The molecule has 0 radical (unpaired) electrons. The van der Waals surface area contributed by atoms with Crippen molar-refractivity contribution in [2.45, 2.75) is 27.2 Å². The fraction of sp³-hybridized carbons (Fsp3) is 1.00. The van der Waals surface area contributed by atoms with E-state index < -0.39 is 0 Å². The third kappa shape index (κ3) is 4.07. The van der Waals surface area contributed by atoms with E-state index >= 15 is 0 Å². The highest BCUT2D eigenvalue weighted by Gasteiger charge is 2.30. The predicted octanol–water partition coefficient (Wildman–Crippen LogP) is 1.57. The van der Waals surface area contributed by atoms with Crippen LogP contribution < -0.4 is 5.32 Å². The van der Waals surface area contributed by atoms with Crippen molar-refractivity contribution in [1.29, 1.82) is 0 Å². The minimum absolute atomic E-state index is 0.601. The van der Waals surface area contributed by atoms with Gasteiger partial charge in [-0.3, -0.25) is 0 Å². The summed E-state index contributed by atoms with van der Waals surface area (Å²) in [6.45, 7) is 9.99. The Balaban J connectivity index is 0.000000561. The number of nitrogens with one attached hydrogen (secondary N) is 1. The van der Waals surface area contributed by atoms with Crippen LogP contribution in [0.2, 0.25) is 0 Å². The van der Waals surface area contributed by atoms with Crippen LogP contribution in [0.4, 0.5) is 0 Å². The molecule has 0 aromatic heterocycles. The molecule has 0 amide bonds. The molecule has 1 saturated heterocycles. The minimum atomic E-state index is 0.601. The van der Waals surface area contributed by atoms with E-state index in [1.807, 2.05) is 13.8 Å². The maximum absolute atomic E-state index is 3.31. The van der Waals surface area contributed by atoms with Crippen molar-refractivity contribution < 1.29 is 0 Å². The molecule has 0 saturated carbocycles. The quantitative estimate of drug-likeness (QED) is 0.695. The minimum Gasteiger partial charge on any atom is -0.316 e. The maximum atomic E-state index is 3.31. The molecule has 0 bridgehead atoms. The lowest BCUT2D eigenvalue weighted by Crippen LogP contribution is -2.52. The number of rotatable bonds is 3. The summed E-state index contributed by atoms with van der Waals surface area (Å²) in [6.07, 6.45) is 1.33. The molecule has 0 atom stereocenters. The molecular formula is C10H24N2. The van der Waals surface area contributed by atoms with Gasteiger partial charge in [0, 0.05) is 13.1 Å². The average molecular weight is 172 g/mol. The van der Waals surface area contributed by atoms with Crippen molar-refractivity contribution in [3.63, 3.8) is 0 Å². The summed E-state index contributed by atoms with van der Waals surface area (Å²) in [5.74, 6) is 0. The van der Waals surface area contributed by atoms with Gasteiger partial charge in [-0.1, -0.05) is 20.8 Å². The van der Waals surface area contributed by atoms with Crippen molar-refractivity contribution in [3.8, 4) is 0 Å². The zero-order valence-electron chi connectivity index (χ0n) is 9.28. The second kappa shape index (κ2) is 5.55. The van der Waals surface area contributed by atoms with Crippen molar-refractivity contribution in [3.05, 3.63) is 0 Å². The smallest absolute Gasteiger partial charge is 0.00180 e. The summed E-state index contributed by atoms with van der Waals surface area (Å²) in [5.41, 5.74) is 0.601. The van der Waals surface area contributed by atoms with Gasteiger partial charge in [0.05, 0.1) is 0 Å². The Morgan fingerprint density at radius 1 is 1.25 bits per heavy atom. The van der Waals surface area contributed by atoms with E-state index in [2.05, 4.69) is 31.2 Å². The standard InChI is InChI=1S/C8H18N2.C2H6/c1-8(6-9-7-8)4-5-10(2)3;1-2/h9H,4-7H2,1-3H3;1-2H3. The Bertz CT molecular complexity index is 106. The van der Waals surface area contributed by atoms with Gasteiger partial charge in [0.1, 0.15) is 0 Å². The van der Waals surface area contributed by atoms with Crippen molar-refractivity contribution in [2.75, 3.05) is 33.7 Å². The first-order chi connectivity index (χ1) is 5.62. The van der Waals surface area contributed by atoms with Crippen LogP contribution in [-0.2, 0) is 0 Å². The third-order valence-electron chi connectivity index (χ3n) is 2.27. The van der Waals surface area contributed by atoms with Gasteiger partial charge >= 0.3 is 0 Å². The number of hydrogen-bond donors (Lipinski definition) is 1. The molecule has 0 aromatic rings. The predicted molar refractivity (Wildman–Crippen MR) is 55.5 cm³/mol. The SMILES string of the molecule is CC.CN(C)CCC1(C)CNC1. The van der Waals surface area contributed by atoms with Crippen LogP contribution in [0.15, 0.2) is 0 Å². The van der Waals surface area contributed by atoms with E-state index in [9.17, 15) is 0 Å². The number of hydrogen-bond acceptors (Lipinski definition) is 2. The summed E-state index contributed by atoms with van der Waals surface area (Å²) < 4.78 is 0. The van der Waals surface area contributed by atoms with Crippen molar-refractivity contribution >= 4 is 0 Å². The van der Waals surface area contributed by atoms with Crippen LogP contribution in [0, 0.1) is 5.41 Å². The van der Waals surface area contributed by atoms with E-state index in [-0.39, 0.29) is 0 Å². The highest BCUT2D eigenvalue weighted by molar-refractivity contribution is 4.88. The van der Waals surface area contributed by atoms with E-state index in [0.29, 0.717) is 5.41 Å². The lowest BCUT2D eigenvalue weighted by atomic mass is 9.81. The van der Waals surface area contributed by atoms with Crippen LogP contribution in [-0.4, -0.2) is 38.6 Å². The van der Waals surface area contributed by atoms with Crippen LogP contribution >= 0.6 is 0 Å². The molecule has 1 heterocycles. The molecule has 1 N–H and O–H groups in total. The second-order valence-corrected chi connectivity index (χ2v) is 3.97. The van der Waals surface area contributed by atoms with Gasteiger partial charge in [0.2, 0.25) is 0 Å². The molecule has 2 nitrogen and oxygen atoms in total. The van der Waals surface area contributed by atoms with Crippen LogP contribution in [0.5, 0.6) is 0 Å². The summed E-state index contributed by atoms with van der Waals surface area (Å²) in [4.78, 5) is 2.25. The van der Waals surface area contributed by atoms with Gasteiger partial charge in [-0.15, -0.1) is 0 Å². The van der Waals surface area contributed by atoms with Gasteiger partial charge in [0.25, 0.3) is 0 Å². The lowest BCUT2D eigenvalue weighted by molar-refractivity contribution is 0.161. The van der Waals surface area contributed by atoms with Gasteiger partial charge in [-0.05, 0) is 32.5 Å². The fourth-order valence-electron chi connectivity index (χ4n) is 1.22. The number of nitrogens with zero attached hydrogens (tertiary/aromatic N) is 1. The molecule has 0 spiro atoms. The van der Waals surface area contributed by atoms with Crippen LogP contribution in [0.25, 0.3) is 0 Å². The van der Waals surface area contributed by atoms with Crippen LogP contribution in [0.3, 0.4) is 0 Å². The molecular weight excluding hydrogens is 148 g/mol. The van der Waals surface area contributed by atoms with Crippen molar-refractivity contribution in [2.24, 2.45) is 5.41 Å². The largest absolute Gasteiger partial charge is 0.316 e. The van der Waals surface area contributed by atoms with Gasteiger partial charge in [-0.25, -0.2) is 0 Å². The first-order valence-electron chi connectivity index (χ1n) is 4.98. The average Bonchev–Trinajstić information content (AvgIpc) is 2.01. The topological polar surface area (TPSA) is 15.3 Å². The molecule has 2 heteroatoms. The molecule has 12 heavy (non-hydrogen) atoms.